The van der Waals surface area contributed by atoms with Crippen LogP contribution in [0.3, 0.4) is 0 Å². The van der Waals surface area contributed by atoms with E-state index in [1.165, 1.54) is 0 Å². The Bertz CT molecular complexity index is 299. The van der Waals surface area contributed by atoms with Crippen molar-refractivity contribution in [2.24, 2.45) is 0 Å². The molecule has 1 aromatic rings. The first-order valence-corrected chi connectivity index (χ1v) is 4.57. The highest BCUT2D eigenvalue weighted by Crippen LogP contribution is 2.26. The molecule has 0 aliphatic rings. The van der Waals surface area contributed by atoms with Crippen LogP contribution in [0, 0.1) is 0 Å². The van der Waals surface area contributed by atoms with Crippen LogP contribution in [-0.2, 0) is 4.79 Å². The predicted molar refractivity (Wildman–Crippen MR) is 56.9 cm³/mol. The zero-order chi connectivity index (χ0) is 10.4. The number of methoxy groups -OCH3 is 1. The summed E-state index contributed by atoms with van der Waals surface area (Å²) in [5, 5.41) is 0. The quantitative estimate of drug-likeness (QED) is 0.667. The van der Waals surface area contributed by atoms with Crippen LogP contribution in [0.15, 0.2) is 24.3 Å². The lowest BCUT2D eigenvalue weighted by Crippen LogP contribution is -2.19. The maximum absolute atomic E-state index is 10.2. The molecule has 1 aromatic carbocycles. The molecule has 0 saturated carbocycles. The second kappa shape index (κ2) is 5.27. The molecule has 0 atom stereocenters. The Balaban J connectivity index is 2.77. The molecule has 0 fully saturated rings. The lowest BCUT2D eigenvalue weighted by Gasteiger charge is -2.20. The van der Waals surface area contributed by atoms with Crippen LogP contribution >= 0.6 is 0 Å². The number of rotatable bonds is 5. The number of para-hydroxylation sites is 2. The van der Waals surface area contributed by atoms with Gasteiger partial charge in [-0.05, 0) is 12.1 Å². The number of benzene rings is 1. The molecule has 3 nitrogen and oxygen atoms in total. The first-order valence-electron chi connectivity index (χ1n) is 4.57. The molecule has 0 bridgehead atoms. The van der Waals surface area contributed by atoms with E-state index in [1.807, 2.05) is 36.2 Å². The van der Waals surface area contributed by atoms with Crippen molar-refractivity contribution in [1.29, 1.82) is 0 Å². The summed E-state index contributed by atoms with van der Waals surface area (Å²) >= 11 is 0. The third kappa shape index (κ3) is 2.49. The van der Waals surface area contributed by atoms with E-state index in [4.69, 9.17) is 4.74 Å². The molecule has 14 heavy (non-hydrogen) atoms. The molecule has 0 aromatic heterocycles. The van der Waals surface area contributed by atoms with Gasteiger partial charge in [0.05, 0.1) is 12.8 Å². The van der Waals surface area contributed by atoms with Gasteiger partial charge >= 0.3 is 0 Å². The minimum absolute atomic E-state index is 0.536. The number of carbonyl (C=O) groups is 1. The minimum Gasteiger partial charge on any atom is -0.495 e. The number of aldehydes is 1. The Hall–Kier alpha value is -1.51. The van der Waals surface area contributed by atoms with E-state index < -0.39 is 0 Å². The van der Waals surface area contributed by atoms with Gasteiger partial charge in [0.2, 0.25) is 0 Å². The molecular formula is C11H15NO2. The van der Waals surface area contributed by atoms with Crippen LogP contribution in [0.5, 0.6) is 5.75 Å². The monoisotopic (exact) mass is 193 g/mol. The molecule has 0 heterocycles. The van der Waals surface area contributed by atoms with Crippen LogP contribution in [0.1, 0.15) is 6.42 Å². The van der Waals surface area contributed by atoms with Crippen molar-refractivity contribution in [3.63, 3.8) is 0 Å². The lowest BCUT2D eigenvalue weighted by atomic mass is 10.2. The van der Waals surface area contributed by atoms with E-state index in [0.717, 1.165) is 17.7 Å². The molecule has 0 amide bonds. The lowest BCUT2D eigenvalue weighted by molar-refractivity contribution is -0.107. The fourth-order valence-corrected chi connectivity index (χ4v) is 1.31. The standard InChI is InChI=1S/C11H15NO2/c1-12(8-5-9-13)10-6-3-4-7-11(10)14-2/h3-4,6-7,9H,5,8H2,1-2H3. The van der Waals surface area contributed by atoms with Gasteiger partial charge in [-0.25, -0.2) is 0 Å². The highest BCUT2D eigenvalue weighted by atomic mass is 16.5. The zero-order valence-electron chi connectivity index (χ0n) is 8.56. The summed E-state index contributed by atoms with van der Waals surface area (Å²) in [5.74, 6) is 0.834. The van der Waals surface area contributed by atoms with E-state index in [1.54, 1.807) is 7.11 Å². The number of hydrogen-bond acceptors (Lipinski definition) is 3. The molecule has 0 N–H and O–H groups in total. The van der Waals surface area contributed by atoms with Crippen molar-refractivity contribution < 1.29 is 9.53 Å². The molecule has 0 radical (unpaired) electrons. The summed E-state index contributed by atoms with van der Waals surface area (Å²) < 4.78 is 5.22. The number of carbonyl (C=O) groups excluding carboxylic acids is 1. The van der Waals surface area contributed by atoms with Crippen LogP contribution < -0.4 is 9.64 Å². The van der Waals surface area contributed by atoms with Gasteiger partial charge in [0.25, 0.3) is 0 Å². The number of nitrogens with zero attached hydrogens (tertiary/aromatic N) is 1. The Labute approximate surface area is 84.3 Å². The van der Waals surface area contributed by atoms with E-state index >= 15 is 0 Å². The predicted octanol–water partition coefficient (Wildman–Crippen LogP) is 1.72. The van der Waals surface area contributed by atoms with Crippen molar-refractivity contribution in [3.05, 3.63) is 24.3 Å². The van der Waals surface area contributed by atoms with Crippen LogP contribution in [0.2, 0.25) is 0 Å². The van der Waals surface area contributed by atoms with Gasteiger partial charge in [0, 0.05) is 20.0 Å². The summed E-state index contributed by atoms with van der Waals surface area (Å²) in [7, 11) is 3.59. The Morgan fingerprint density at radius 3 is 2.79 bits per heavy atom. The third-order valence-electron chi connectivity index (χ3n) is 2.08. The maximum atomic E-state index is 10.2. The Kier molecular flexibility index (Phi) is 3.98. The Morgan fingerprint density at radius 2 is 2.14 bits per heavy atom. The number of anilines is 1. The molecule has 0 aliphatic heterocycles. The zero-order valence-corrected chi connectivity index (χ0v) is 8.56. The second-order valence-electron chi connectivity index (χ2n) is 3.05. The maximum Gasteiger partial charge on any atom is 0.142 e. The molecule has 76 valence electrons. The summed E-state index contributed by atoms with van der Waals surface area (Å²) in [6.45, 7) is 0.712. The fraction of sp³-hybridized carbons (Fsp3) is 0.364. The van der Waals surface area contributed by atoms with Gasteiger partial charge in [0.15, 0.2) is 0 Å². The highest BCUT2D eigenvalue weighted by Gasteiger charge is 2.05. The number of ether oxygens (including phenoxy) is 1. The smallest absolute Gasteiger partial charge is 0.142 e. The highest BCUT2D eigenvalue weighted by molar-refractivity contribution is 5.59. The number of hydrogen-bond donors (Lipinski definition) is 0. The third-order valence-corrected chi connectivity index (χ3v) is 2.08. The fourth-order valence-electron chi connectivity index (χ4n) is 1.31. The topological polar surface area (TPSA) is 29.5 Å². The van der Waals surface area contributed by atoms with E-state index in [0.29, 0.717) is 13.0 Å². The van der Waals surface area contributed by atoms with Crippen LogP contribution in [0.25, 0.3) is 0 Å². The molecule has 0 aliphatic carbocycles. The van der Waals surface area contributed by atoms with E-state index in [9.17, 15) is 4.79 Å². The van der Waals surface area contributed by atoms with Crippen molar-refractivity contribution >= 4 is 12.0 Å². The summed E-state index contributed by atoms with van der Waals surface area (Å²) in [5.41, 5.74) is 1.01. The normalized spacial score (nSPS) is 9.57. The molecular weight excluding hydrogens is 178 g/mol. The molecule has 3 heteroatoms. The van der Waals surface area contributed by atoms with Crippen molar-refractivity contribution in [2.75, 3.05) is 25.6 Å². The molecule has 0 saturated heterocycles. The largest absolute Gasteiger partial charge is 0.495 e. The van der Waals surface area contributed by atoms with Gasteiger partial charge in [-0.3, -0.25) is 0 Å². The first kappa shape index (κ1) is 10.6. The summed E-state index contributed by atoms with van der Waals surface area (Å²) in [4.78, 5) is 12.2. The second-order valence-corrected chi connectivity index (χ2v) is 3.05. The summed E-state index contributed by atoms with van der Waals surface area (Å²) in [6.07, 6.45) is 1.46. The van der Waals surface area contributed by atoms with Gasteiger partial charge in [-0.15, -0.1) is 0 Å². The van der Waals surface area contributed by atoms with Crippen molar-refractivity contribution in [2.45, 2.75) is 6.42 Å². The molecule has 0 unspecified atom stereocenters. The van der Waals surface area contributed by atoms with Gasteiger partial charge in [0.1, 0.15) is 12.0 Å². The van der Waals surface area contributed by atoms with Gasteiger partial charge < -0.3 is 14.4 Å². The first-order chi connectivity index (χ1) is 6.79. The minimum atomic E-state index is 0.536. The van der Waals surface area contributed by atoms with E-state index in [-0.39, 0.29) is 0 Å². The molecule has 0 spiro atoms. The Morgan fingerprint density at radius 1 is 1.43 bits per heavy atom. The SMILES string of the molecule is COc1ccccc1N(C)CCC=O. The van der Waals surface area contributed by atoms with Crippen molar-refractivity contribution in [3.8, 4) is 5.75 Å². The van der Waals surface area contributed by atoms with E-state index in [2.05, 4.69) is 0 Å². The van der Waals surface area contributed by atoms with Crippen LogP contribution in [-0.4, -0.2) is 27.0 Å². The van der Waals surface area contributed by atoms with Crippen LogP contribution in [0.4, 0.5) is 5.69 Å². The summed E-state index contributed by atoms with van der Waals surface area (Å²) in [6, 6.07) is 7.77. The molecule has 1 rings (SSSR count). The average Bonchev–Trinajstić information content (AvgIpc) is 2.25. The van der Waals surface area contributed by atoms with Crippen molar-refractivity contribution in [1.82, 2.24) is 0 Å². The average molecular weight is 193 g/mol. The van der Waals surface area contributed by atoms with Gasteiger partial charge in [-0.1, -0.05) is 12.1 Å². The van der Waals surface area contributed by atoms with Gasteiger partial charge in [-0.2, -0.15) is 0 Å².